The first-order valence-corrected chi connectivity index (χ1v) is 3.84. The first-order valence-electron chi connectivity index (χ1n) is 3.84. The molecule has 1 unspecified atom stereocenters. The summed E-state index contributed by atoms with van der Waals surface area (Å²) in [6, 6.07) is -1.06. The van der Waals surface area contributed by atoms with Crippen molar-refractivity contribution in [1.29, 1.82) is 0 Å². The number of carbonyl (C=O) groups is 4. The van der Waals surface area contributed by atoms with Crippen molar-refractivity contribution in [2.75, 3.05) is 0 Å². The fourth-order valence-corrected chi connectivity index (χ4v) is 0.402. The van der Waals surface area contributed by atoms with Gasteiger partial charge in [-0.1, -0.05) is 0 Å². The summed E-state index contributed by atoms with van der Waals surface area (Å²) in [5, 5.41) is 31.1. The van der Waals surface area contributed by atoms with Crippen LogP contribution in [0.5, 0.6) is 0 Å². The van der Waals surface area contributed by atoms with Gasteiger partial charge in [-0.3, -0.25) is 9.59 Å². The predicted octanol–water partition coefficient (Wildman–Crippen LogP) is -1.58. The monoisotopic (exact) mass is 237 g/mol. The van der Waals surface area contributed by atoms with E-state index in [9.17, 15) is 9.59 Å². The first kappa shape index (κ1) is 16.3. The molecule has 9 nitrogen and oxygen atoms in total. The molecule has 0 aliphatic carbocycles. The van der Waals surface area contributed by atoms with Crippen LogP contribution in [0, 0.1) is 0 Å². The number of rotatable bonds is 4. The lowest BCUT2D eigenvalue weighted by atomic mass is 10.2. The van der Waals surface area contributed by atoms with Crippen molar-refractivity contribution in [2.24, 2.45) is 5.73 Å². The van der Waals surface area contributed by atoms with Crippen molar-refractivity contribution < 1.29 is 39.6 Å². The third-order valence-corrected chi connectivity index (χ3v) is 1.17. The van der Waals surface area contributed by atoms with Gasteiger partial charge in [-0.2, -0.15) is 0 Å². The van der Waals surface area contributed by atoms with Crippen LogP contribution in [0.3, 0.4) is 0 Å². The number of carboxylic acids is 4. The van der Waals surface area contributed by atoms with Crippen molar-refractivity contribution in [1.82, 2.24) is 0 Å². The van der Waals surface area contributed by atoms with E-state index in [0.29, 0.717) is 0 Å². The number of hydrogen-bond donors (Lipinski definition) is 5. The maximum atomic E-state index is 9.99. The van der Waals surface area contributed by atoms with E-state index in [1.165, 1.54) is 0 Å². The van der Waals surface area contributed by atoms with Crippen LogP contribution in [0.4, 0.5) is 0 Å². The van der Waals surface area contributed by atoms with Crippen molar-refractivity contribution in [3.05, 3.63) is 0 Å². The van der Waals surface area contributed by atoms with Gasteiger partial charge >= 0.3 is 23.9 Å². The minimum atomic E-state index is -1.82. The van der Waals surface area contributed by atoms with Crippen LogP contribution in [0.15, 0.2) is 0 Å². The molecule has 6 N–H and O–H groups in total. The molecule has 0 aromatic carbocycles. The molecule has 0 aliphatic rings. The van der Waals surface area contributed by atoms with Crippen molar-refractivity contribution in [3.63, 3.8) is 0 Å². The number of carboxylic acid groups (broad SMARTS) is 4. The minimum absolute atomic E-state index is 0.0231. The zero-order valence-electron chi connectivity index (χ0n) is 7.99. The predicted molar refractivity (Wildman–Crippen MR) is 47.8 cm³/mol. The maximum absolute atomic E-state index is 9.99. The van der Waals surface area contributed by atoms with Gasteiger partial charge in [-0.15, -0.1) is 0 Å². The van der Waals surface area contributed by atoms with Gasteiger partial charge in [0.2, 0.25) is 0 Å². The van der Waals surface area contributed by atoms with Gasteiger partial charge in [0.25, 0.3) is 0 Å². The molecule has 9 heteroatoms. The van der Waals surface area contributed by atoms with Crippen LogP contribution in [0.2, 0.25) is 0 Å². The lowest BCUT2D eigenvalue weighted by Gasteiger charge is -2.01. The molecule has 0 saturated carbocycles. The smallest absolute Gasteiger partial charge is 0.414 e. The van der Waals surface area contributed by atoms with E-state index in [0.717, 1.165) is 0 Å². The van der Waals surface area contributed by atoms with E-state index in [-0.39, 0.29) is 12.8 Å². The van der Waals surface area contributed by atoms with Gasteiger partial charge in [0.1, 0.15) is 6.04 Å². The fourth-order valence-electron chi connectivity index (χ4n) is 0.402. The summed E-state index contributed by atoms with van der Waals surface area (Å²) in [5.41, 5.74) is 5.00. The number of nitrogens with two attached hydrogens (primary N) is 1. The molecule has 0 aliphatic heterocycles. The summed E-state index contributed by atoms with van der Waals surface area (Å²) in [4.78, 5) is 38.1. The zero-order valence-corrected chi connectivity index (χ0v) is 7.99. The van der Waals surface area contributed by atoms with E-state index in [2.05, 4.69) is 0 Å². The van der Waals surface area contributed by atoms with Crippen molar-refractivity contribution in [2.45, 2.75) is 18.9 Å². The number of hydrogen-bond acceptors (Lipinski definition) is 5. The lowest BCUT2D eigenvalue weighted by Crippen LogP contribution is -2.30. The van der Waals surface area contributed by atoms with Crippen LogP contribution < -0.4 is 5.73 Å². The molecule has 0 amide bonds. The van der Waals surface area contributed by atoms with Crippen LogP contribution in [-0.2, 0) is 19.2 Å². The van der Waals surface area contributed by atoms with Gasteiger partial charge in [-0.05, 0) is 6.42 Å². The van der Waals surface area contributed by atoms with E-state index in [1.807, 2.05) is 0 Å². The standard InChI is InChI=1S/C5H9NO4.C2H2O4/c6-3(5(9)10)1-2-4(7)8;3-1(4)2(5)6/h3H,1-2,6H2,(H,7,8)(H,9,10);(H,3,4)(H,5,6). The Balaban J connectivity index is 0. The molecule has 1 atom stereocenters. The Morgan fingerprint density at radius 1 is 0.938 bits per heavy atom. The minimum Gasteiger partial charge on any atom is -0.481 e. The normalized spacial score (nSPS) is 10.6. The van der Waals surface area contributed by atoms with Crippen LogP contribution >= 0.6 is 0 Å². The Kier molecular flexibility index (Phi) is 8.31. The summed E-state index contributed by atoms with van der Waals surface area (Å²) >= 11 is 0. The molecule has 16 heavy (non-hydrogen) atoms. The Labute approximate surface area is 89.1 Å². The highest BCUT2D eigenvalue weighted by molar-refractivity contribution is 6.27. The quantitative estimate of drug-likeness (QED) is 0.361. The lowest BCUT2D eigenvalue weighted by molar-refractivity contribution is -0.159. The molecule has 0 heterocycles. The van der Waals surface area contributed by atoms with E-state index in [1.54, 1.807) is 0 Å². The highest BCUT2D eigenvalue weighted by Crippen LogP contribution is 1.93. The Bertz CT molecular complexity index is 274. The number of aliphatic carboxylic acids is 4. The summed E-state index contributed by atoms with van der Waals surface area (Å²) in [6.07, 6.45) is -0.224. The molecule has 0 bridgehead atoms. The maximum Gasteiger partial charge on any atom is 0.414 e. The summed E-state index contributed by atoms with van der Waals surface area (Å²) < 4.78 is 0. The van der Waals surface area contributed by atoms with E-state index < -0.39 is 29.9 Å². The van der Waals surface area contributed by atoms with Crippen molar-refractivity contribution >= 4 is 23.9 Å². The molecule has 92 valence electrons. The molecule has 0 aromatic rings. The highest BCUT2D eigenvalue weighted by atomic mass is 16.4. The van der Waals surface area contributed by atoms with E-state index in [4.69, 9.17) is 35.7 Å². The van der Waals surface area contributed by atoms with Gasteiger partial charge in [-0.25, -0.2) is 9.59 Å². The Morgan fingerprint density at radius 2 is 1.31 bits per heavy atom. The average Bonchev–Trinajstić information content (AvgIpc) is 2.14. The summed E-state index contributed by atoms with van der Waals surface area (Å²) in [7, 11) is 0. The third kappa shape index (κ3) is 11.8. The Hall–Kier alpha value is -2.16. The topological polar surface area (TPSA) is 175 Å². The highest BCUT2D eigenvalue weighted by Gasteiger charge is 2.12. The van der Waals surface area contributed by atoms with Crippen LogP contribution in [0.25, 0.3) is 0 Å². The molecular weight excluding hydrogens is 226 g/mol. The van der Waals surface area contributed by atoms with Gasteiger partial charge < -0.3 is 26.2 Å². The largest absolute Gasteiger partial charge is 0.481 e. The van der Waals surface area contributed by atoms with Crippen molar-refractivity contribution in [3.8, 4) is 0 Å². The molecule has 0 spiro atoms. The second-order valence-electron chi connectivity index (χ2n) is 2.49. The zero-order chi connectivity index (χ0) is 13.3. The second-order valence-corrected chi connectivity index (χ2v) is 2.49. The van der Waals surface area contributed by atoms with E-state index >= 15 is 0 Å². The third-order valence-electron chi connectivity index (χ3n) is 1.17. The molecule has 0 fully saturated rings. The molecule has 0 radical (unpaired) electrons. The summed E-state index contributed by atoms with van der Waals surface area (Å²) in [5.74, 6) is -5.84. The van der Waals surface area contributed by atoms with Gasteiger partial charge in [0.05, 0.1) is 0 Å². The first-order chi connectivity index (χ1) is 7.18. The van der Waals surface area contributed by atoms with Gasteiger partial charge in [0, 0.05) is 6.42 Å². The van der Waals surface area contributed by atoms with Crippen LogP contribution in [0.1, 0.15) is 12.8 Å². The SMILES string of the molecule is NC(CCC(=O)O)C(=O)O.O=C(O)C(=O)O. The van der Waals surface area contributed by atoms with Crippen LogP contribution in [-0.4, -0.2) is 50.3 Å². The molecular formula is C7H11NO8. The second kappa shape index (κ2) is 8.17. The fraction of sp³-hybridized carbons (Fsp3) is 0.429. The average molecular weight is 237 g/mol. The summed E-state index contributed by atoms with van der Waals surface area (Å²) in [6.45, 7) is 0. The molecule has 0 aromatic heterocycles. The molecule has 0 rings (SSSR count). The molecule has 0 saturated heterocycles. The van der Waals surface area contributed by atoms with Gasteiger partial charge in [0.15, 0.2) is 0 Å². The Morgan fingerprint density at radius 3 is 1.50 bits per heavy atom.